The molecule has 0 aromatic heterocycles. The highest BCUT2D eigenvalue weighted by Gasteiger charge is 1.99. The van der Waals surface area contributed by atoms with Gasteiger partial charge in [0.2, 0.25) is 0 Å². The molecule has 0 aliphatic rings. The normalized spacial score (nSPS) is 11.3. The Bertz CT molecular complexity index is 630. The van der Waals surface area contributed by atoms with Gasteiger partial charge in [-0.05, 0) is 55.5 Å². The average molecular weight is 334 g/mol. The fraction of sp³-hybridized carbons (Fsp3) is 0.235. The van der Waals surface area contributed by atoms with Crippen molar-refractivity contribution in [1.29, 1.82) is 0 Å². The summed E-state index contributed by atoms with van der Waals surface area (Å²) in [4.78, 5) is 4.31. The van der Waals surface area contributed by atoms with Crippen LogP contribution in [0.25, 0.3) is 0 Å². The average Bonchev–Trinajstić information content (AvgIpc) is 2.55. The lowest BCUT2D eigenvalue weighted by Gasteiger charge is -2.06. The molecule has 0 heterocycles. The Morgan fingerprint density at radius 3 is 2.30 bits per heavy atom. The van der Waals surface area contributed by atoms with E-state index in [-0.39, 0.29) is 5.82 Å². The molecule has 2 aromatic rings. The first-order chi connectivity index (χ1) is 11.2. The zero-order valence-corrected chi connectivity index (χ0v) is 13.7. The second kappa shape index (κ2) is 9.05. The summed E-state index contributed by atoms with van der Waals surface area (Å²) in [6.45, 7) is 3.04. The van der Waals surface area contributed by atoms with Crippen molar-refractivity contribution >= 4 is 22.6 Å². The van der Waals surface area contributed by atoms with Gasteiger partial charge >= 0.3 is 0 Å². The minimum Gasteiger partial charge on any atom is -0.494 e. The van der Waals surface area contributed by atoms with Crippen LogP contribution in [0.2, 0.25) is 0 Å². The summed E-state index contributed by atoms with van der Waals surface area (Å²) in [7, 11) is 0. The van der Waals surface area contributed by atoms with Crippen LogP contribution < -0.4 is 15.2 Å². The minimum absolute atomic E-state index is 0.279. The van der Waals surface area contributed by atoms with Crippen molar-refractivity contribution < 1.29 is 13.9 Å². The molecule has 2 N–H and O–H groups in total. The van der Waals surface area contributed by atoms with Gasteiger partial charge in [-0.3, -0.25) is 0 Å². The molecule has 2 aromatic carbocycles. The van der Waals surface area contributed by atoms with Gasteiger partial charge in [-0.2, -0.15) is 0 Å². The standard InChI is InChI=1S/C17H19FN2O2S/c1-2-21-15-9-5-14(6-10-15)20-17(19)23-12-11-22-16-7-3-13(18)4-8-16/h3-10H,2,11-12H2,1H3,(H2,19,20). The summed E-state index contributed by atoms with van der Waals surface area (Å²) in [5, 5.41) is 0.469. The molecular formula is C17H19FN2O2S. The third kappa shape index (κ3) is 6.20. The quantitative estimate of drug-likeness (QED) is 0.473. The van der Waals surface area contributed by atoms with Crippen molar-refractivity contribution in [2.45, 2.75) is 6.92 Å². The number of aliphatic imine (C=N–C) groups is 1. The van der Waals surface area contributed by atoms with E-state index < -0.39 is 0 Å². The van der Waals surface area contributed by atoms with Crippen LogP contribution in [0.5, 0.6) is 11.5 Å². The fourth-order valence-corrected chi connectivity index (χ4v) is 2.33. The van der Waals surface area contributed by atoms with Crippen LogP contribution in [0.1, 0.15) is 6.92 Å². The van der Waals surface area contributed by atoms with Crippen molar-refractivity contribution in [3.63, 3.8) is 0 Å². The lowest BCUT2D eigenvalue weighted by molar-refractivity contribution is 0.340. The van der Waals surface area contributed by atoms with Gasteiger partial charge in [0.1, 0.15) is 17.3 Å². The molecule has 0 fully saturated rings. The molecule has 23 heavy (non-hydrogen) atoms. The molecule has 0 aliphatic heterocycles. The van der Waals surface area contributed by atoms with Crippen LogP contribution in [0.15, 0.2) is 53.5 Å². The molecule has 0 radical (unpaired) electrons. The van der Waals surface area contributed by atoms with E-state index in [1.807, 2.05) is 31.2 Å². The molecule has 0 unspecified atom stereocenters. The predicted octanol–water partition coefficient (Wildman–Crippen LogP) is 3.98. The zero-order valence-electron chi connectivity index (χ0n) is 12.9. The molecule has 4 nitrogen and oxygen atoms in total. The maximum atomic E-state index is 12.8. The summed E-state index contributed by atoms with van der Waals surface area (Å²) in [6.07, 6.45) is 0. The summed E-state index contributed by atoms with van der Waals surface area (Å²) in [5.74, 6) is 1.82. The highest BCUT2D eigenvalue weighted by atomic mass is 32.2. The topological polar surface area (TPSA) is 56.8 Å². The number of benzene rings is 2. The van der Waals surface area contributed by atoms with E-state index in [2.05, 4.69) is 4.99 Å². The van der Waals surface area contributed by atoms with Crippen molar-refractivity contribution in [2.75, 3.05) is 19.0 Å². The van der Waals surface area contributed by atoms with Gasteiger partial charge in [-0.15, -0.1) is 0 Å². The summed E-state index contributed by atoms with van der Waals surface area (Å²) < 4.78 is 23.6. The van der Waals surface area contributed by atoms with Gasteiger partial charge in [-0.1, -0.05) is 11.8 Å². The number of thioether (sulfide) groups is 1. The molecule has 0 saturated carbocycles. The maximum absolute atomic E-state index is 12.8. The van der Waals surface area contributed by atoms with Gasteiger partial charge in [0.05, 0.1) is 18.9 Å². The smallest absolute Gasteiger partial charge is 0.159 e. The van der Waals surface area contributed by atoms with E-state index in [0.717, 1.165) is 11.4 Å². The highest BCUT2D eigenvalue weighted by Crippen LogP contribution is 2.19. The molecule has 2 rings (SSSR count). The Morgan fingerprint density at radius 1 is 1.04 bits per heavy atom. The van der Waals surface area contributed by atoms with E-state index >= 15 is 0 Å². The van der Waals surface area contributed by atoms with Gasteiger partial charge in [0.25, 0.3) is 0 Å². The number of ether oxygens (including phenoxy) is 2. The molecule has 6 heteroatoms. The van der Waals surface area contributed by atoms with Crippen LogP contribution in [-0.4, -0.2) is 24.1 Å². The number of halogens is 1. The van der Waals surface area contributed by atoms with Gasteiger partial charge in [-0.25, -0.2) is 9.38 Å². The van der Waals surface area contributed by atoms with E-state index in [9.17, 15) is 4.39 Å². The first-order valence-electron chi connectivity index (χ1n) is 7.25. The number of hydrogen-bond acceptors (Lipinski definition) is 4. The van der Waals surface area contributed by atoms with Gasteiger partial charge in [0.15, 0.2) is 5.17 Å². The highest BCUT2D eigenvalue weighted by molar-refractivity contribution is 8.13. The molecule has 0 spiro atoms. The fourth-order valence-electron chi connectivity index (χ4n) is 1.78. The van der Waals surface area contributed by atoms with E-state index in [0.29, 0.717) is 29.9 Å². The van der Waals surface area contributed by atoms with Gasteiger partial charge in [0, 0.05) is 5.75 Å². The summed E-state index contributed by atoms with van der Waals surface area (Å²) in [5.41, 5.74) is 6.65. The van der Waals surface area contributed by atoms with Crippen LogP contribution >= 0.6 is 11.8 Å². The van der Waals surface area contributed by atoms with Crippen molar-refractivity contribution in [3.05, 3.63) is 54.3 Å². The lowest BCUT2D eigenvalue weighted by Crippen LogP contribution is -2.10. The molecule has 0 atom stereocenters. The Balaban J connectivity index is 1.75. The third-order valence-corrected chi connectivity index (χ3v) is 3.56. The minimum atomic E-state index is -0.279. The largest absolute Gasteiger partial charge is 0.494 e. The van der Waals surface area contributed by atoms with Gasteiger partial charge < -0.3 is 15.2 Å². The second-order valence-corrected chi connectivity index (χ2v) is 5.64. The Hall–Kier alpha value is -2.21. The molecule has 0 aliphatic carbocycles. The molecular weight excluding hydrogens is 315 g/mol. The predicted molar refractivity (Wildman–Crippen MR) is 93.2 cm³/mol. The zero-order chi connectivity index (χ0) is 16.5. The van der Waals surface area contributed by atoms with E-state index in [1.54, 1.807) is 12.1 Å². The number of rotatable bonds is 7. The second-order valence-electron chi connectivity index (χ2n) is 4.53. The Morgan fingerprint density at radius 2 is 1.65 bits per heavy atom. The van der Waals surface area contributed by atoms with Crippen LogP contribution in [-0.2, 0) is 0 Å². The van der Waals surface area contributed by atoms with Crippen molar-refractivity contribution in [3.8, 4) is 11.5 Å². The van der Waals surface area contributed by atoms with Crippen LogP contribution in [0.3, 0.4) is 0 Å². The Kier molecular flexibility index (Phi) is 6.75. The number of amidine groups is 1. The lowest BCUT2D eigenvalue weighted by atomic mass is 10.3. The first-order valence-corrected chi connectivity index (χ1v) is 8.24. The SMILES string of the molecule is CCOc1ccc(N=C(N)SCCOc2ccc(F)cc2)cc1. The third-order valence-electron chi connectivity index (χ3n) is 2.80. The Labute approximate surface area is 139 Å². The van der Waals surface area contributed by atoms with Crippen LogP contribution in [0.4, 0.5) is 10.1 Å². The van der Waals surface area contributed by atoms with Crippen molar-refractivity contribution in [2.24, 2.45) is 10.7 Å². The van der Waals surface area contributed by atoms with Crippen LogP contribution in [0, 0.1) is 5.82 Å². The van der Waals surface area contributed by atoms with E-state index in [4.69, 9.17) is 15.2 Å². The summed E-state index contributed by atoms with van der Waals surface area (Å²) in [6, 6.07) is 13.3. The summed E-state index contributed by atoms with van der Waals surface area (Å²) >= 11 is 1.41. The molecule has 0 amide bonds. The maximum Gasteiger partial charge on any atom is 0.159 e. The first kappa shape index (κ1) is 17.1. The number of hydrogen-bond donors (Lipinski definition) is 1. The monoisotopic (exact) mass is 334 g/mol. The molecule has 122 valence electrons. The molecule has 0 saturated heterocycles. The number of nitrogens with zero attached hydrogens (tertiary/aromatic N) is 1. The van der Waals surface area contributed by atoms with Crippen molar-refractivity contribution in [1.82, 2.24) is 0 Å². The van der Waals surface area contributed by atoms with E-state index in [1.165, 1.54) is 23.9 Å². The molecule has 0 bridgehead atoms. The number of nitrogens with two attached hydrogens (primary N) is 1.